The number of ether oxygens (including phenoxy) is 1. The second kappa shape index (κ2) is 6.17. The van der Waals surface area contributed by atoms with E-state index in [2.05, 4.69) is 4.72 Å². The third-order valence-corrected chi connectivity index (χ3v) is 3.75. The van der Waals surface area contributed by atoms with Crippen LogP contribution in [0, 0.1) is 6.92 Å². The molecule has 0 spiro atoms. The van der Waals surface area contributed by atoms with Crippen molar-refractivity contribution < 1.29 is 13.5 Å². The number of fused-ring (bicyclic) bond motifs is 1. The van der Waals surface area contributed by atoms with Gasteiger partial charge in [0, 0.05) is 22.3 Å². The zero-order valence-corrected chi connectivity index (χ0v) is 12.7. The molecule has 1 unspecified atom stereocenters. The summed E-state index contributed by atoms with van der Waals surface area (Å²) in [6.07, 6.45) is 0. The van der Waals surface area contributed by atoms with Crippen LogP contribution in [0.15, 0.2) is 60.7 Å². The van der Waals surface area contributed by atoms with Gasteiger partial charge in [-0.3, -0.25) is 4.21 Å². The average Bonchev–Trinajstić information content (AvgIpc) is 2.50. The Kier molecular flexibility index (Phi) is 4.09. The molecule has 112 valence electrons. The first-order valence-corrected chi connectivity index (χ1v) is 7.83. The van der Waals surface area contributed by atoms with E-state index >= 15 is 0 Å². The van der Waals surface area contributed by atoms with E-state index in [1.54, 1.807) is 18.2 Å². The topological polar surface area (TPSA) is 61.4 Å². The third-order valence-electron chi connectivity index (χ3n) is 3.35. The summed E-state index contributed by atoms with van der Waals surface area (Å²) in [6.45, 7) is 1.87. The van der Waals surface area contributed by atoms with Crippen LogP contribution < -0.4 is 9.46 Å². The lowest BCUT2D eigenvalue weighted by atomic mass is 10.1. The number of benzene rings is 3. The van der Waals surface area contributed by atoms with Crippen molar-refractivity contribution in [2.45, 2.75) is 6.92 Å². The van der Waals surface area contributed by atoms with Gasteiger partial charge in [-0.2, -0.15) is 0 Å². The summed E-state index contributed by atoms with van der Waals surface area (Å²) in [5, 5.41) is 2.14. The Hall–Kier alpha value is -2.37. The van der Waals surface area contributed by atoms with E-state index in [0.29, 0.717) is 11.4 Å². The van der Waals surface area contributed by atoms with Crippen LogP contribution in [0.5, 0.6) is 11.5 Å². The maximum absolute atomic E-state index is 10.7. The van der Waals surface area contributed by atoms with E-state index in [4.69, 9.17) is 4.74 Å². The van der Waals surface area contributed by atoms with Crippen molar-refractivity contribution >= 4 is 27.7 Å². The summed E-state index contributed by atoms with van der Waals surface area (Å²) >= 11 is -2.33. The molecule has 0 aliphatic rings. The molecule has 0 saturated carbocycles. The highest BCUT2D eigenvalue weighted by Crippen LogP contribution is 2.32. The number of hydrogen-bond acceptors (Lipinski definition) is 3. The van der Waals surface area contributed by atoms with Gasteiger partial charge in [-0.05, 0) is 42.1 Å². The summed E-state index contributed by atoms with van der Waals surface area (Å²) in [5.41, 5.74) is 1.36. The minimum Gasteiger partial charge on any atom is -0.755 e. The van der Waals surface area contributed by atoms with E-state index in [9.17, 15) is 8.76 Å². The number of hydrogen-bond donors (Lipinski definition) is 1. The summed E-state index contributed by atoms with van der Waals surface area (Å²) in [7, 11) is 0. The Bertz CT molecular complexity index is 843. The number of aryl methyl sites for hydroxylation is 1. The molecule has 1 atom stereocenters. The highest BCUT2D eigenvalue weighted by Gasteiger charge is 2.06. The zero-order chi connectivity index (χ0) is 15.5. The van der Waals surface area contributed by atoms with E-state index in [1.807, 2.05) is 49.4 Å². The lowest BCUT2D eigenvalue weighted by molar-refractivity contribution is 0.484. The Morgan fingerprint density at radius 2 is 1.77 bits per heavy atom. The van der Waals surface area contributed by atoms with Crippen LogP contribution >= 0.6 is 0 Å². The molecule has 4 nitrogen and oxygen atoms in total. The Labute approximate surface area is 131 Å². The molecule has 0 aliphatic carbocycles. The molecule has 3 aromatic carbocycles. The van der Waals surface area contributed by atoms with Crippen LogP contribution in [0.2, 0.25) is 0 Å². The molecule has 1 N–H and O–H groups in total. The fourth-order valence-corrected chi connectivity index (χ4v) is 2.65. The molecule has 0 aliphatic heterocycles. The maximum Gasteiger partial charge on any atom is 0.135 e. The number of nitrogens with one attached hydrogen (secondary N) is 1. The van der Waals surface area contributed by atoms with Gasteiger partial charge in [-0.25, -0.2) is 0 Å². The summed E-state index contributed by atoms with van der Waals surface area (Å²) < 4.78 is 29.6. The lowest BCUT2D eigenvalue weighted by Crippen LogP contribution is -2.02. The lowest BCUT2D eigenvalue weighted by Gasteiger charge is -2.14. The highest BCUT2D eigenvalue weighted by molar-refractivity contribution is 7.80. The Morgan fingerprint density at radius 3 is 2.55 bits per heavy atom. The predicted molar refractivity (Wildman–Crippen MR) is 87.7 cm³/mol. The number of rotatable bonds is 4. The summed E-state index contributed by atoms with van der Waals surface area (Å²) in [5.74, 6) is 1.47. The molecule has 0 amide bonds. The fraction of sp³-hybridized carbons (Fsp3) is 0.0588. The first-order chi connectivity index (χ1) is 10.6. The molecule has 0 heterocycles. The van der Waals surface area contributed by atoms with Gasteiger partial charge in [0.15, 0.2) is 0 Å². The van der Waals surface area contributed by atoms with Gasteiger partial charge in [-0.1, -0.05) is 36.4 Å². The Morgan fingerprint density at radius 1 is 1.00 bits per heavy atom. The van der Waals surface area contributed by atoms with E-state index in [0.717, 1.165) is 22.1 Å². The van der Waals surface area contributed by atoms with Crippen LogP contribution in [-0.4, -0.2) is 8.76 Å². The van der Waals surface area contributed by atoms with E-state index in [-0.39, 0.29) is 0 Å². The van der Waals surface area contributed by atoms with Crippen molar-refractivity contribution in [3.8, 4) is 11.5 Å². The second-order valence-corrected chi connectivity index (χ2v) is 5.57. The zero-order valence-electron chi connectivity index (χ0n) is 11.9. The van der Waals surface area contributed by atoms with E-state index in [1.165, 1.54) is 0 Å². The van der Waals surface area contributed by atoms with Crippen LogP contribution in [0.25, 0.3) is 10.8 Å². The normalized spacial score (nSPS) is 12.1. The van der Waals surface area contributed by atoms with Crippen molar-refractivity contribution in [2.24, 2.45) is 0 Å². The second-order valence-electron chi connectivity index (χ2n) is 4.90. The number of anilines is 1. The molecule has 0 radical (unpaired) electrons. The van der Waals surface area contributed by atoms with Gasteiger partial charge in [-0.15, -0.1) is 0 Å². The van der Waals surface area contributed by atoms with Gasteiger partial charge >= 0.3 is 0 Å². The van der Waals surface area contributed by atoms with E-state index < -0.39 is 11.3 Å². The minimum atomic E-state index is -2.33. The largest absolute Gasteiger partial charge is 0.755 e. The first kappa shape index (κ1) is 14.6. The third kappa shape index (κ3) is 3.10. The molecule has 3 rings (SSSR count). The monoisotopic (exact) mass is 312 g/mol. The van der Waals surface area contributed by atoms with Gasteiger partial charge in [0.25, 0.3) is 0 Å². The maximum atomic E-state index is 10.7. The van der Waals surface area contributed by atoms with Crippen molar-refractivity contribution in [2.75, 3.05) is 4.72 Å². The molecule has 5 heteroatoms. The van der Waals surface area contributed by atoms with Crippen LogP contribution in [0.3, 0.4) is 0 Å². The van der Waals surface area contributed by atoms with Crippen molar-refractivity contribution in [3.05, 3.63) is 66.2 Å². The van der Waals surface area contributed by atoms with Gasteiger partial charge < -0.3 is 14.0 Å². The Balaban J connectivity index is 1.93. The molecule has 0 saturated heterocycles. The van der Waals surface area contributed by atoms with Crippen molar-refractivity contribution in [3.63, 3.8) is 0 Å². The predicted octanol–water partition coefficient (Wildman–Crippen LogP) is 4.15. The average molecular weight is 312 g/mol. The van der Waals surface area contributed by atoms with Crippen LogP contribution in [0.1, 0.15) is 5.56 Å². The molecule has 3 aromatic rings. The highest BCUT2D eigenvalue weighted by atomic mass is 32.2. The fourth-order valence-electron chi connectivity index (χ4n) is 2.33. The standard InChI is InChI=1S/C17H15NO3S/c1-12-11-14(18-22(19)20)9-10-16(12)21-17-8-4-6-13-5-2-3-7-15(13)17/h2-11,18H,1H3,(H,19,20)/p-1. The summed E-state index contributed by atoms with van der Waals surface area (Å²) in [4.78, 5) is 0. The van der Waals surface area contributed by atoms with Crippen LogP contribution in [0.4, 0.5) is 5.69 Å². The molecule has 22 heavy (non-hydrogen) atoms. The quantitative estimate of drug-likeness (QED) is 0.736. The molecule has 0 fully saturated rings. The van der Waals surface area contributed by atoms with Gasteiger partial charge in [0.2, 0.25) is 0 Å². The van der Waals surface area contributed by atoms with Crippen LogP contribution in [-0.2, 0) is 11.3 Å². The first-order valence-electron chi connectivity index (χ1n) is 6.76. The molecule has 0 bridgehead atoms. The smallest absolute Gasteiger partial charge is 0.135 e. The minimum absolute atomic E-state index is 0.510. The summed E-state index contributed by atoms with van der Waals surface area (Å²) in [6, 6.07) is 19.1. The molecule has 0 aromatic heterocycles. The van der Waals surface area contributed by atoms with Crippen molar-refractivity contribution in [1.82, 2.24) is 0 Å². The van der Waals surface area contributed by atoms with Crippen molar-refractivity contribution in [1.29, 1.82) is 0 Å². The molecular weight excluding hydrogens is 298 g/mol. The SMILES string of the molecule is Cc1cc(NS(=O)[O-])ccc1Oc1cccc2ccccc12. The van der Waals surface area contributed by atoms with Gasteiger partial charge in [0.1, 0.15) is 11.5 Å². The molecular formula is C17H14NO3S-. The van der Waals surface area contributed by atoms with Gasteiger partial charge in [0.05, 0.1) is 0 Å².